The highest BCUT2D eigenvalue weighted by atomic mass is 19.4. The number of nitrogens with zero attached hydrogens (tertiary/aromatic N) is 5. The molecule has 130 valence electrons. The van der Waals surface area contributed by atoms with E-state index in [1.165, 1.54) is 6.07 Å². The van der Waals surface area contributed by atoms with Gasteiger partial charge >= 0.3 is 6.18 Å². The van der Waals surface area contributed by atoms with E-state index in [9.17, 15) is 13.2 Å². The van der Waals surface area contributed by atoms with Crippen LogP contribution in [0.4, 0.5) is 19.0 Å². The van der Waals surface area contributed by atoms with E-state index in [1.807, 2.05) is 12.1 Å². The van der Waals surface area contributed by atoms with E-state index < -0.39 is 12.0 Å². The van der Waals surface area contributed by atoms with Crippen LogP contribution in [0.3, 0.4) is 0 Å². The van der Waals surface area contributed by atoms with Gasteiger partial charge in [-0.15, -0.1) is 15.3 Å². The Kier molecular flexibility index (Phi) is 3.41. The van der Waals surface area contributed by atoms with E-state index >= 15 is 0 Å². The maximum absolute atomic E-state index is 13.0. The Balaban J connectivity index is 1.62. The Hall–Kier alpha value is -3.04. The van der Waals surface area contributed by atoms with Gasteiger partial charge in [0.05, 0.1) is 0 Å². The van der Waals surface area contributed by atoms with Gasteiger partial charge in [0.25, 0.3) is 5.82 Å². The van der Waals surface area contributed by atoms with Crippen molar-refractivity contribution in [2.45, 2.75) is 12.7 Å². The maximum atomic E-state index is 13.0. The summed E-state index contributed by atoms with van der Waals surface area (Å²) in [5.41, 5.74) is 0.945. The number of rotatable bonds is 3. The Bertz CT molecular complexity index is 941. The molecule has 0 unspecified atom stereocenters. The lowest BCUT2D eigenvalue weighted by Gasteiger charge is -2.18. The lowest BCUT2D eigenvalue weighted by atomic mass is 10.2. The lowest BCUT2D eigenvalue weighted by Crippen LogP contribution is -2.20. The zero-order valence-corrected chi connectivity index (χ0v) is 13.0. The van der Waals surface area contributed by atoms with Crippen LogP contribution in [0, 0.1) is 0 Å². The first-order valence-corrected chi connectivity index (χ1v) is 7.31. The first-order chi connectivity index (χ1) is 11.9. The third kappa shape index (κ3) is 2.79. The molecule has 7 nitrogen and oxygen atoms in total. The van der Waals surface area contributed by atoms with Gasteiger partial charge in [0, 0.05) is 13.6 Å². The fraction of sp³-hybridized carbons (Fsp3) is 0.267. The number of hydrogen-bond donors (Lipinski definition) is 0. The number of fused-ring (bicyclic) bond motifs is 2. The molecule has 10 heteroatoms. The Morgan fingerprint density at radius 1 is 1.12 bits per heavy atom. The van der Waals surface area contributed by atoms with Crippen molar-refractivity contribution in [3.63, 3.8) is 0 Å². The molecule has 0 N–H and O–H groups in total. The van der Waals surface area contributed by atoms with Gasteiger partial charge in [-0.2, -0.15) is 17.7 Å². The van der Waals surface area contributed by atoms with Gasteiger partial charge in [0.2, 0.25) is 6.79 Å². The number of anilines is 1. The summed E-state index contributed by atoms with van der Waals surface area (Å²) in [5, 5.41) is 10.7. The number of hydrogen-bond acceptors (Lipinski definition) is 6. The van der Waals surface area contributed by atoms with Crippen molar-refractivity contribution in [3.05, 3.63) is 41.7 Å². The molecule has 3 heterocycles. The van der Waals surface area contributed by atoms with Crippen LogP contribution in [0.2, 0.25) is 0 Å². The molecule has 3 aromatic rings. The first kappa shape index (κ1) is 15.5. The normalized spacial score (nSPS) is 13.4. The fourth-order valence-electron chi connectivity index (χ4n) is 2.55. The van der Waals surface area contributed by atoms with E-state index in [2.05, 4.69) is 15.3 Å². The van der Waals surface area contributed by atoms with Crippen LogP contribution < -0.4 is 14.4 Å². The van der Waals surface area contributed by atoms with Crippen molar-refractivity contribution in [2.75, 3.05) is 18.7 Å². The van der Waals surface area contributed by atoms with Crippen LogP contribution >= 0.6 is 0 Å². The molecule has 0 aliphatic carbocycles. The van der Waals surface area contributed by atoms with E-state index in [1.54, 1.807) is 24.1 Å². The maximum Gasteiger partial charge on any atom is 0.453 e. The minimum atomic E-state index is -4.62. The summed E-state index contributed by atoms with van der Waals surface area (Å²) < 4.78 is 50.1. The molecule has 1 aromatic carbocycles. The summed E-state index contributed by atoms with van der Waals surface area (Å²) in [6.45, 7) is 0.610. The topological polar surface area (TPSA) is 64.8 Å². The van der Waals surface area contributed by atoms with Crippen LogP contribution in [-0.4, -0.2) is 33.7 Å². The number of halogens is 3. The molecule has 0 radical (unpaired) electrons. The second kappa shape index (κ2) is 5.50. The van der Waals surface area contributed by atoms with Crippen LogP contribution in [0.25, 0.3) is 5.65 Å². The standard InChI is InChI=1S/C15H12F3N5O2/c1-22(7-9-2-3-10-11(6-9)25-8-24-10)13-5-4-12-19-20-14(15(16,17)18)23(12)21-13/h2-6H,7-8H2,1H3. The molecule has 0 spiro atoms. The number of ether oxygens (including phenoxy) is 2. The first-order valence-electron chi connectivity index (χ1n) is 7.31. The average molecular weight is 351 g/mol. The van der Waals surface area contributed by atoms with Crippen molar-refractivity contribution in [2.24, 2.45) is 0 Å². The molecule has 0 fully saturated rings. The molecule has 25 heavy (non-hydrogen) atoms. The highest BCUT2D eigenvalue weighted by Gasteiger charge is 2.37. The van der Waals surface area contributed by atoms with Crippen LogP contribution in [0.1, 0.15) is 11.4 Å². The highest BCUT2D eigenvalue weighted by Crippen LogP contribution is 2.33. The summed E-state index contributed by atoms with van der Waals surface area (Å²) >= 11 is 0. The number of benzene rings is 1. The molecule has 0 bridgehead atoms. The summed E-state index contributed by atoms with van der Waals surface area (Å²) in [7, 11) is 1.73. The Morgan fingerprint density at radius 2 is 1.92 bits per heavy atom. The van der Waals surface area contributed by atoms with Gasteiger partial charge in [-0.1, -0.05) is 6.07 Å². The molecule has 1 aliphatic heterocycles. The van der Waals surface area contributed by atoms with Gasteiger partial charge in [-0.3, -0.25) is 0 Å². The van der Waals surface area contributed by atoms with E-state index in [0.29, 0.717) is 28.4 Å². The van der Waals surface area contributed by atoms with Crippen LogP contribution in [0.15, 0.2) is 30.3 Å². The molecule has 0 saturated heterocycles. The summed E-state index contributed by atoms with van der Waals surface area (Å²) in [4.78, 5) is 1.72. The summed E-state index contributed by atoms with van der Waals surface area (Å²) in [5.74, 6) is 0.522. The quantitative estimate of drug-likeness (QED) is 0.722. The zero-order chi connectivity index (χ0) is 17.6. The molecule has 0 saturated carbocycles. The van der Waals surface area contributed by atoms with Crippen molar-refractivity contribution >= 4 is 11.5 Å². The minimum absolute atomic E-state index is 0.0348. The molecule has 4 rings (SSSR count). The van der Waals surface area contributed by atoms with E-state index in [0.717, 1.165) is 5.56 Å². The zero-order valence-electron chi connectivity index (χ0n) is 13.0. The smallest absolute Gasteiger partial charge is 0.453 e. The largest absolute Gasteiger partial charge is 0.454 e. The lowest BCUT2D eigenvalue weighted by molar-refractivity contribution is -0.146. The third-order valence-corrected chi connectivity index (χ3v) is 3.75. The number of alkyl halides is 3. The van der Waals surface area contributed by atoms with Crippen LogP contribution in [-0.2, 0) is 12.7 Å². The number of aromatic nitrogens is 4. The van der Waals surface area contributed by atoms with E-state index in [-0.39, 0.29) is 12.4 Å². The third-order valence-electron chi connectivity index (χ3n) is 3.75. The Morgan fingerprint density at radius 3 is 2.72 bits per heavy atom. The van der Waals surface area contributed by atoms with E-state index in [4.69, 9.17) is 9.47 Å². The fourth-order valence-corrected chi connectivity index (χ4v) is 2.55. The van der Waals surface area contributed by atoms with Gasteiger partial charge in [0.15, 0.2) is 17.1 Å². The Labute approximate surface area is 139 Å². The highest BCUT2D eigenvalue weighted by molar-refractivity contribution is 5.48. The minimum Gasteiger partial charge on any atom is -0.454 e. The predicted octanol–water partition coefficient (Wildman–Crippen LogP) is 2.51. The second-order valence-electron chi connectivity index (χ2n) is 5.53. The average Bonchev–Trinajstić information content (AvgIpc) is 3.19. The summed E-state index contributed by atoms with van der Waals surface area (Å²) in [6, 6.07) is 8.53. The second-order valence-corrected chi connectivity index (χ2v) is 5.53. The molecular formula is C15H12F3N5O2. The van der Waals surface area contributed by atoms with Crippen molar-refractivity contribution < 1.29 is 22.6 Å². The molecule has 0 atom stereocenters. The van der Waals surface area contributed by atoms with Crippen molar-refractivity contribution in [3.8, 4) is 11.5 Å². The predicted molar refractivity (Wildman–Crippen MR) is 80.5 cm³/mol. The van der Waals surface area contributed by atoms with Gasteiger partial charge < -0.3 is 14.4 Å². The molecule has 2 aromatic heterocycles. The molecule has 1 aliphatic rings. The summed E-state index contributed by atoms with van der Waals surface area (Å²) in [6.07, 6.45) is -4.62. The molecular weight excluding hydrogens is 339 g/mol. The van der Waals surface area contributed by atoms with Crippen molar-refractivity contribution in [1.82, 2.24) is 19.8 Å². The molecule has 0 amide bonds. The van der Waals surface area contributed by atoms with Gasteiger partial charge in [0.1, 0.15) is 5.82 Å². The van der Waals surface area contributed by atoms with Crippen molar-refractivity contribution in [1.29, 1.82) is 0 Å². The van der Waals surface area contributed by atoms with Gasteiger partial charge in [-0.25, -0.2) is 0 Å². The SMILES string of the molecule is CN(Cc1ccc2c(c1)OCO2)c1ccc2nnc(C(F)(F)F)n2n1. The van der Waals surface area contributed by atoms with Gasteiger partial charge in [-0.05, 0) is 29.8 Å². The van der Waals surface area contributed by atoms with Crippen LogP contribution in [0.5, 0.6) is 11.5 Å². The monoisotopic (exact) mass is 351 g/mol.